The van der Waals surface area contributed by atoms with Crippen LogP contribution in [0.25, 0.3) is 0 Å². The molecule has 0 aliphatic rings. The average Bonchev–Trinajstić information content (AvgIpc) is 2.66. The molecule has 1 rings (SSSR count). The molecule has 0 aromatic carbocycles. The van der Waals surface area contributed by atoms with Crippen LogP contribution in [0.15, 0.2) is 6.20 Å². The van der Waals surface area contributed by atoms with Crippen LogP contribution in [0.2, 0.25) is 0 Å². The molecular formula is C14H26N2O. The topological polar surface area (TPSA) is 38.0 Å². The molecule has 1 aromatic rings. The summed E-state index contributed by atoms with van der Waals surface area (Å²) in [4.78, 5) is 0. The zero-order valence-electron chi connectivity index (χ0n) is 11.7. The number of unbranched alkanes of at least 4 members (excludes halogenated alkanes) is 3. The summed E-state index contributed by atoms with van der Waals surface area (Å²) >= 11 is 0. The molecule has 1 N–H and O–H groups in total. The Hall–Kier alpha value is -0.990. The van der Waals surface area contributed by atoms with Crippen LogP contribution < -0.4 is 0 Å². The monoisotopic (exact) mass is 238 g/mol. The van der Waals surface area contributed by atoms with Crippen molar-refractivity contribution in [2.75, 3.05) is 0 Å². The Morgan fingerprint density at radius 1 is 1.29 bits per heavy atom. The Morgan fingerprint density at radius 3 is 2.47 bits per heavy atom. The van der Waals surface area contributed by atoms with Gasteiger partial charge in [-0.1, -0.05) is 46.5 Å². The predicted octanol–water partition coefficient (Wildman–Crippen LogP) is 3.76. The van der Waals surface area contributed by atoms with E-state index in [0.29, 0.717) is 5.88 Å². The van der Waals surface area contributed by atoms with E-state index < -0.39 is 0 Å². The van der Waals surface area contributed by atoms with Crippen molar-refractivity contribution in [1.82, 2.24) is 9.78 Å². The minimum absolute atomic E-state index is 0.0616. The van der Waals surface area contributed by atoms with E-state index in [0.717, 1.165) is 18.4 Å². The second-order valence-electron chi connectivity index (χ2n) is 5.23. The molecule has 0 aliphatic heterocycles. The largest absolute Gasteiger partial charge is 0.493 e. The normalized spacial score (nSPS) is 14.8. The smallest absolute Gasteiger partial charge is 0.212 e. The fourth-order valence-corrected chi connectivity index (χ4v) is 2.30. The summed E-state index contributed by atoms with van der Waals surface area (Å²) in [5.74, 6) is 0.324. The van der Waals surface area contributed by atoms with Crippen LogP contribution in [-0.4, -0.2) is 14.9 Å². The van der Waals surface area contributed by atoms with E-state index in [1.807, 2.05) is 6.20 Å². The van der Waals surface area contributed by atoms with Crippen molar-refractivity contribution in [3.63, 3.8) is 0 Å². The molecule has 1 aromatic heterocycles. The van der Waals surface area contributed by atoms with Crippen molar-refractivity contribution in [1.29, 1.82) is 0 Å². The second kappa shape index (κ2) is 6.08. The van der Waals surface area contributed by atoms with Gasteiger partial charge >= 0.3 is 0 Å². The second-order valence-corrected chi connectivity index (χ2v) is 5.23. The molecule has 1 unspecified atom stereocenters. The maximum atomic E-state index is 10.0. The first-order valence-electron chi connectivity index (χ1n) is 6.76. The van der Waals surface area contributed by atoms with Gasteiger partial charge in [0, 0.05) is 12.6 Å². The van der Waals surface area contributed by atoms with Crippen LogP contribution in [0.5, 0.6) is 5.88 Å². The minimum atomic E-state index is 0.0616. The summed E-state index contributed by atoms with van der Waals surface area (Å²) in [6, 6.07) is 0. The highest BCUT2D eigenvalue weighted by Crippen LogP contribution is 2.37. The van der Waals surface area contributed by atoms with E-state index >= 15 is 0 Å². The average molecular weight is 238 g/mol. The first-order chi connectivity index (χ1) is 8.05. The lowest BCUT2D eigenvalue weighted by Crippen LogP contribution is -2.20. The molecule has 0 saturated heterocycles. The number of hydrogen-bond donors (Lipinski definition) is 1. The van der Waals surface area contributed by atoms with Gasteiger partial charge in [0.05, 0.1) is 6.20 Å². The standard InChI is InChI=1S/C14H26N2O/c1-5-7-8-9-10-14(3,6-2)12-11-15-16(4)13(12)17/h11,17H,5-10H2,1-4H3. The van der Waals surface area contributed by atoms with Crippen LogP contribution in [0.3, 0.4) is 0 Å². The van der Waals surface area contributed by atoms with Gasteiger partial charge < -0.3 is 5.11 Å². The Kier molecular flexibility index (Phi) is 5.03. The fraction of sp³-hybridized carbons (Fsp3) is 0.786. The zero-order chi connectivity index (χ0) is 12.9. The van der Waals surface area contributed by atoms with Gasteiger partial charge in [0.15, 0.2) is 0 Å². The Morgan fingerprint density at radius 2 is 2.00 bits per heavy atom. The molecule has 0 radical (unpaired) electrons. The summed E-state index contributed by atoms with van der Waals surface area (Å²) in [6.45, 7) is 6.65. The number of aryl methyl sites for hydroxylation is 1. The van der Waals surface area contributed by atoms with Crippen LogP contribution in [0.4, 0.5) is 0 Å². The third-order valence-corrected chi connectivity index (χ3v) is 3.92. The molecule has 3 heteroatoms. The van der Waals surface area contributed by atoms with Crippen LogP contribution in [0, 0.1) is 0 Å². The van der Waals surface area contributed by atoms with Gasteiger partial charge in [0.25, 0.3) is 0 Å². The predicted molar refractivity (Wildman–Crippen MR) is 71.3 cm³/mol. The van der Waals surface area contributed by atoms with Crippen LogP contribution in [-0.2, 0) is 12.5 Å². The van der Waals surface area contributed by atoms with Crippen LogP contribution in [0.1, 0.15) is 64.9 Å². The fourth-order valence-electron chi connectivity index (χ4n) is 2.30. The number of hydrogen-bond acceptors (Lipinski definition) is 2. The van der Waals surface area contributed by atoms with Gasteiger partial charge in [-0.15, -0.1) is 0 Å². The van der Waals surface area contributed by atoms with E-state index in [-0.39, 0.29) is 5.41 Å². The maximum absolute atomic E-state index is 10.0. The van der Waals surface area contributed by atoms with E-state index in [1.165, 1.54) is 25.7 Å². The Balaban J connectivity index is 2.71. The van der Waals surface area contributed by atoms with Crippen molar-refractivity contribution < 1.29 is 5.11 Å². The molecular weight excluding hydrogens is 212 g/mol. The van der Waals surface area contributed by atoms with Gasteiger partial charge in [-0.2, -0.15) is 5.10 Å². The maximum Gasteiger partial charge on any atom is 0.212 e. The van der Waals surface area contributed by atoms with Crippen molar-refractivity contribution in [2.24, 2.45) is 7.05 Å². The van der Waals surface area contributed by atoms with Gasteiger partial charge in [-0.3, -0.25) is 0 Å². The molecule has 0 fully saturated rings. The molecule has 0 aliphatic carbocycles. The third kappa shape index (κ3) is 3.24. The zero-order valence-corrected chi connectivity index (χ0v) is 11.7. The summed E-state index contributed by atoms with van der Waals surface area (Å²) in [5.41, 5.74) is 1.06. The molecule has 0 bridgehead atoms. The third-order valence-electron chi connectivity index (χ3n) is 3.92. The highest BCUT2D eigenvalue weighted by molar-refractivity contribution is 5.31. The van der Waals surface area contributed by atoms with Gasteiger partial charge in [0.2, 0.25) is 5.88 Å². The molecule has 0 saturated carbocycles. The Bertz CT molecular complexity index is 346. The summed E-state index contributed by atoms with van der Waals surface area (Å²) in [6.07, 6.45) is 9.07. The van der Waals surface area contributed by atoms with Crippen molar-refractivity contribution >= 4 is 0 Å². The molecule has 17 heavy (non-hydrogen) atoms. The van der Waals surface area contributed by atoms with Gasteiger partial charge in [-0.05, 0) is 18.3 Å². The van der Waals surface area contributed by atoms with Gasteiger partial charge in [-0.25, -0.2) is 4.68 Å². The molecule has 0 amide bonds. The van der Waals surface area contributed by atoms with E-state index in [2.05, 4.69) is 25.9 Å². The quantitative estimate of drug-likeness (QED) is 0.734. The number of nitrogens with zero attached hydrogens (tertiary/aromatic N) is 2. The van der Waals surface area contributed by atoms with E-state index in [4.69, 9.17) is 0 Å². The van der Waals surface area contributed by atoms with E-state index in [1.54, 1.807) is 11.7 Å². The first kappa shape index (κ1) is 14.1. The molecule has 0 spiro atoms. The highest BCUT2D eigenvalue weighted by atomic mass is 16.3. The lowest BCUT2D eigenvalue weighted by molar-refractivity contribution is 0.358. The summed E-state index contributed by atoms with van der Waals surface area (Å²) < 4.78 is 1.55. The molecule has 98 valence electrons. The van der Waals surface area contributed by atoms with Crippen molar-refractivity contribution in [3.05, 3.63) is 11.8 Å². The number of rotatable bonds is 7. The number of aromatic nitrogens is 2. The van der Waals surface area contributed by atoms with E-state index in [9.17, 15) is 5.11 Å². The molecule has 1 heterocycles. The van der Waals surface area contributed by atoms with Crippen molar-refractivity contribution in [2.45, 2.75) is 64.7 Å². The summed E-state index contributed by atoms with van der Waals surface area (Å²) in [5, 5.41) is 14.1. The minimum Gasteiger partial charge on any atom is -0.493 e. The number of aromatic hydroxyl groups is 1. The lowest BCUT2D eigenvalue weighted by atomic mass is 9.77. The van der Waals surface area contributed by atoms with Crippen LogP contribution >= 0.6 is 0 Å². The highest BCUT2D eigenvalue weighted by Gasteiger charge is 2.29. The SMILES string of the molecule is CCCCCCC(C)(CC)c1cnn(C)c1O. The Labute approximate surface area is 105 Å². The van der Waals surface area contributed by atoms with Crippen molar-refractivity contribution in [3.8, 4) is 5.88 Å². The summed E-state index contributed by atoms with van der Waals surface area (Å²) in [7, 11) is 1.78. The van der Waals surface area contributed by atoms with Gasteiger partial charge in [0.1, 0.15) is 0 Å². The molecule has 1 atom stereocenters. The lowest BCUT2D eigenvalue weighted by Gasteiger charge is -2.27. The molecule has 3 nitrogen and oxygen atoms in total. The first-order valence-corrected chi connectivity index (χ1v) is 6.76.